The van der Waals surface area contributed by atoms with Gasteiger partial charge in [-0.15, -0.1) is 21.5 Å². The number of nitrogens with zero attached hydrogens (tertiary/aromatic N) is 3. The highest BCUT2D eigenvalue weighted by Crippen LogP contribution is 2.30. The van der Waals surface area contributed by atoms with Crippen molar-refractivity contribution in [1.82, 2.24) is 19.1 Å². The van der Waals surface area contributed by atoms with Crippen molar-refractivity contribution in [3.05, 3.63) is 33.7 Å². The van der Waals surface area contributed by atoms with Gasteiger partial charge in [0.25, 0.3) is 10.0 Å². The van der Waals surface area contributed by atoms with Gasteiger partial charge in [-0.25, -0.2) is 27.3 Å². The van der Waals surface area contributed by atoms with E-state index >= 15 is 0 Å². The van der Waals surface area contributed by atoms with E-state index in [0.717, 1.165) is 16.3 Å². The van der Waals surface area contributed by atoms with E-state index in [-0.39, 0.29) is 15.9 Å². The third kappa shape index (κ3) is 3.28. The van der Waals surface area contributed by atoms with E-state index in [2.05, 4.69) is 5.10 Å². The number of thioether (sulfide) groups is 1. The van der Waals surface area contributed by atoms with Gasteiger partial charge in [-0.05, 0) is 18.4 Å². The molecule has 1 aromatic carbocycles. The normalized spacial score (nSPS) is 11.3. The maximum absolute atomic E-state index is 12.5. The van der Waals surface area contributed by atoms with Crippen LogP contribution < -0.4 is 15.1 Å². The zero-order chi connectivity index (χ0) is 18.1. The van der Waals surface area contributed by atoms with Crippen molar-refractivity contribution in [2.75, 3.05) is 13.4 Å². The quantitative estimate of drug-likeness (QED) is 0.769. The summed E-state index contributed by atoms with van der Waals surface area (Å²) in [4.78, 5) is 24.1. The summed E-state index contributed by atoms with van der Waals surface area (Å²) in [5.41, 5.74) is -0.858. The molecule has 0 aliphatic rings. The molecule has 0 atom stereocenters. The maximum Gasteiger partial charge on any atom is 0.360 e. The summed E-state index contributed by atoms with van der Waals surface area (Å²) in [5.74, 6) is 0. The Bertz CT molecular complexity index is 951. The topological polar surface area (TPSA) is 112 Å². The van der Waals surface area contributed by atoms with Crippen molar-refractivity contribution in [2.24, 2.45) is 7.05 Å². The van der Waals surface area contributed by atoms with Crippen LogP contribution >= 0.6 is 23.4 Å². The number of hydrogen-bond acceptors (Lipinski definition) is 7. The predicted octanol–water partition coefficient (Wildman–Crippen LogP) is 0.912. The van der Waals surface area contributed by atoms with Gasteiger partial charge in [0.05, 0.1) is 12.1 Å². The highest BCUT2D eigenvalue weighted by Gasteiger charge is 2.27. The van der Waals surface area contributed by atoms with Crippen molar-refractivity contribution in [1.29, 1.82) is 0 Å². The largest absolute Gasteiger partial charge is 0.467 e. The lowest BCUT2D eigenvalue weighted by atomic mass is 10.4. The second kappa shape index (κ2) is 6.87. The van der Waals surface area contributed by atoms with Crippen LogP contribution in [0.25, 0.3) is 0 Å². The molecule has 0 spiro atoms. The molecule has 0 unspecified atom stereocenters. The van der Waals surface area contributed by atoms with Crippen molar-refractivity contribution < 1.29 is 17.9 Å². The molecular weight excluding hydrogens is 380 g/mol. The van der Waals surface area contributed by atoms with Crippen molar-refractivity contribution in [3.8, 4) is 6.01 Å². The first-order chi connectivity index (χ1) is 11.2. The zero-order valence-electron chi connectivity index (χ0n) is 12.8. The fourth-order valence-corrected chi connectivity index (χ4v) is 4.55. The van der Waals surface area contributed by atoms with Crippen LogP contribution in [0.15, 0.2) is 32.8 Å². The van der Waals surface area contributed by atoms with Crippen LogP contribution in [0, 0.1) is 0 Å². The molecule has 130 valence electrons. The minimum absolute atomic E-state index is 0.0481. The molecule has 1 N–H and O–H groups in total. The lowest BCUT2D eigenvalue weighted by molar-refractivity contribution is 0.243. The third-order valence-electron chi connectivity index (χ3n) is 2.96. The van der Waals surface area contributed by atoms with Crippen LogP contribution in [0.1, 0.15) is 0 Å². The molecule has 1 amide bonds. The first-order valence-corrected chi connectivity index (χ1v) is 9.41. The monoisotopic (exact) mass is 392 g/mol. The van der Waals surface area contributed by atoms with Crippen LogP contribution in [-0.2, 0) is 17.1 Å². The summed E-state index contributed by atoms with van der Waals surface area (Å²) < 4.78 is 32.8. The van der Waals surface area contributed by atoms with Crippen LogP contribution in [0.3, 0.4) is 0 Å². The predicted molar refractivity (Wildman–Crippen MR) is 88.4 cm³/mol. The third-order valence-corrected chi connectivity index (χ3v) is 5.71. The van der Waals surface area contributed by atoms with E-state index in [9.17, 15) is 18.0 Å². The van der Waals surface area contributed by atoms with Crippen molar-refractivity contribution >= 4 is 39.4 Å². The molecule has 0 bridgehead atoms. The first kappa shape index (κ1) is 18.4. The molecule has 24 heavy (non-hydrogen) atoms. The molecule has 9 nitrogen and oxygen atoms in total. The average molecular weight is 393 g/mol. The summed E-state index contributed by atoms with van der Waals surface area (Å²) in [7, 11) is -1.73. The van der Waals surface area contributed by atoms with E-state index in [4.69, 9.17) is 16.3 Å². The number of hydrogen-bond donors (Lipinski definition) is 1. The number of rotatable bonds is 4. The van der Waals surface area contributed by atoms with Crippen LogP contribution in [0.4, 0.5) is 4.79 Å². The molecule has 2 aromatic rings. The van der Waals surface area contributed by atoms with Gasteiger partial charge in [-0.3, -0.25) is 0 Å². The number of methoxy groups -OCH3 is 1. The molecular formula is C12H13ClN4O5S2. The Morgan fingerprint density at radius 2 is 2.08 bits per heavy atom. The SMILES string of the molecule is COc1nn(C(=O)NS(=O)(=O)c2c(Cl)cccc2SC)c(=O)n1C. The first-order valence-electron chi connectivity index (χ1n) is 6.32. The van der Waals surface area contributed by atoms with E-state index in [1.54, 1.807) is 23.1 Å². The standard InChI is InChI=1S/C12H13ClN4O5S2/c1-16-11(22-2)14-17(12(16)19)10(18)15-24(20,21)9-7(13)5-4-6-8(9)23-3/h4-6H,1-3H3,(H,15,18). The Balaban J connectivity index is 2.44. The minimum atomic E-state index is -4.31. The smallest absolute Gasteiger partial charge is 0.360 e. The number of nitrogens with one attached hydrogen (secondary N) is 1. The van der Waals surface area contributed by atoms with Gasteiger partial charge in [-0.1, -0.05) is 17.7 Å². The van der Waals surface area contributed by atoms with Gasteiger partial charge in [0.15, 0.2) is 0 Å². The van der Waals surface area contributed by atoms with E-state index in [1.807, 2.05) is 0 Å². The fraction of sp³-hybridized carbons (Fsp3) is 0.250. The number of aromatic nitrogens is 3. The van der Waals surface area contributed by atoms with Crippen LogP contribution in [-0.4, -0.2) is 42.2 Å². The molecule has 1 aromatic heterocycles. The van der Waals surface area contributed by atoms with Gasteiger partial charge < -0.3 is 4.74 Å². The Morgan fingerprint density at radius 3 is 2.62 bits per heavy atom. The van der Waals surface area contributed by atoms with Crippen LogP contribution in [0.2, 0.25) is 5.02 Å². The molecule has 0 saturated heterocycles. The van der Waals surface area contributed by atoms with Crippen LogP contribution in [0.5, 0.6) is 6.01 Å². The summed E-state index contributed by atoms with van der Waals surface area (Å²) in [6, 6.07) is 3.13. The summed E-state index contributed by atoms with van der Waals surface area (Å²) in [5, 5.41) is 3.55. The zero-order valence-corrected chi connectivity index (χ0v) is 15.2. The molecule has 0 fully saturated rings. The Hall–Kier alpha value is -1.98. The Kier molecular flexibility index (Phi) is 5.26. The van der Waals surface area contributed by atoms with Gasteiger partial charge in [-0.2, -0.15) is 0 Å². The Labute approximate surface area is 146 Å². The van der Waals surface area contributed by atoms with Gasteiger partial charge in [0.1, 0.15) is 4.90 Å². The average Bonchev–Trinajstić information content (AvgIpc) is 2.81. The summed E-state index contributed by atoms with van der Waals surface area (Å²) >= 11 is 7.10. The molecule has 1 heterocycles. The van der Waals surface area contributed by atoms with Gasteiger partial charge >= 0.3 is 17.7 Å². The van der Waals surface area contributed by atoms with Gasteiger partial charge in [0.2, 0.25) is 0 Å². The number of ether oxygens (including phenoxy) is 1. The summed E-state index contributed by atoms with van der Waals surface area (Å²) in [6.07, 6.45) is 1.67. The lowest BCUT2D eigenvalue weighted by Gasteiger charge is -2.11. The highest BCUT2D eigenvalue weighted by atomic mass is 35.5. The van der Waals surface area contributed by atoms with E-state index in [0.29, 0.717) is 9.58 Å². The van der Waals surface area contributed by atoms with Crippen molar-refractivity contribution in [3.63, 3.8) is 0 Å². The number of amides is 1. The number of carbonyl (C=O) groups excluding carboxylic acids is 1. The Morgan fingerprint density at radius 1 is 1.42 bits per heavy atom. The molecule has 0 aliphatic heterocycles. The molecule has 0 aliphatic carbocycles. The van der Waals surface area contributed by atoms with Gasteiger partial charge in [0, 0.05) is 11.9 Å². The molecule has 0 saturated carbocycles. The number of halogens is 1. The van der Waals surface area contributed by atoms with E-state index < -0.39 is 21.7 Å². The molecule has 2 rings (SSSR count). The lowest BCUT2D eigenvalue weighted by Crippen LogP contribution is -2.40. The molecule has 0 radical (unpaired) electrons. The fourth-order valence-electron chi connectivity index (χ4n) is 1.85. The number of carbonyl (C=O) groups is 1. The minimum Gasteiger partial charge on any atom is -0.467 e. The number of benzene rings is 1. The second-order valence-electron chi connectivity index (χ2n) is 4.42. The van der Waals surface area contributed by atoms with E-state index in [1.165, 1.54) is 20.2 Å². The second-order valence-corrected chi connectivity index (χ2v) is 7.30. The molecule has 12 heteroatoms. The summed E-state index contributed by atoms with van der Waals surface area (Å²) in [6.45, 7) is 0. The highest BCUT2D eigenvalue weighted by molar-refractivity contribution is 7.99. The van der Waals surface area contributed by atoms with Crippen molar-refractivity contribution in [2.45, 2.75) is 9.79 Å². The maximum atomic E-state index is 12.5. The number of sulfonamides is 1.